The van der Waals surface area contributed by atoms with Gasteiger partial charge in [-0.15, -0.1) is 0 Å². The van der Waals surface area contributed by atoms with Crippen LogP contribution >= 0.6 is 28.1 Å². The van der Waals surface area contributed by atoms with Crippen LogP contribution in [0.1, 0.15) is 12.6 Å². The molecule has 0 aliphatic heterocycles. The fraction of sp³-hybridized carbons (Fsp3) is 0.636. The Morgan fingerprint density at radius 2 is 2.39 bits per heavy atom. The summed E-state index contributed by atoms with van der Waals surface area (Å²) >= 11 is 8.78. The van der Waals surface area contributed by atoms with Crippen LogP contribution in [0.15, 0.2) is 10.7 Å². The molecule has 0 saturated carbocycles. The van der Waals surface area contributed by atoms with E-state index in [9.17, 15) is 0 Å². The lowest BCUT2D eigenvalue weighted by atomic mass is 10.4. The van der Waals surface area contributed by atoms with Gasteiger partial charge in [0.15, 0.2) is 5.11 Å². The predicted octanol–water partition coefficient (Wildman–Crippen LogP) is 1.62. The first kappa shape index (κ1) is 15.4. The van der Waals surface area contributed by atoms with Gasteiger partial charge < -0.3 is 15.0 Å². The van der Waals surface area contributed by atoms with E-state index >= 15 is 0 Å². The van der Waals surface area contributed by atoms with Crippen LogP contribution in [-0.4, -0.2) is 47.1 Å². The van der Waals surface area contributed by atoms with Crippen LogP contribution in [0.4, 0.5) is 0 Å². The summed E-state index contributed by atoms with van der Waals surface area (Å²) in [7, 11) is 3.61. The highest BCUT2D eigenvalue weighted by atomic mass is 79.9. The van der Waals surface area contributed by atoms with Crippen molar-refractivity contribution in [1.82, 2.24) is 20.0 Å². The summed E-state index contributed by atoms with van der Waals surface area (Å²) < 4.78 is 7.87. The number of nitrogens with one attached hydrogen (secondary N) is 1. The van der Waals surface area contributed by atoms with Crippen molar-refractivity contribution in [3.8, 4) is 0 Å². The molecule has 1 aromatic heterocycles. The second kappa shape index (κ2) is 7.70. The quantitative estimate of drug-likeness (QED) is 0.632. The Morgan fingerprint density at radius 3 is 2.94 bits per heavy atom. The van der Waals surface area contributed by atoms with Gasteiger partial charge in [0.2, 0.25) is 0 Å². The summed E-state index contributed by atoms with van der Waals surface area (Å²) in [6.45, 7) is 4.95. The first-order chi connectivity index (χ1) is 8.58. The molecule has 0 fully saturated rings. The van der Waals surface area contributed by atoms with Crippen molar-refractivity contribution in [2.75, 3.05) is 27.3 Å². The van der Waals surface area contributed by atoms with Gasteiger partial charge in [-0.2, -0.15) is 5.10 Å². The van der Waals surface area contributed by atoms with Gasteiger partial charge in [-0.05, 0) is 35.1 Å². The van der Waals surface area contributed by atoms with Gasteiger partial charge >= 0.3 is 0 Å². The molecule has 102 valence electrons. The van der Waals surface area contributed by atoms with E-state index in [1.54, 1.807) is 7.11 Å². The average molecular weight is 335 g/mol. The van der Waals surface area contributed by atoms with Crippen molar-refractivity contribution in [2.45, 2.75) is 20.0 Å². The topological polar surface area (TPSA) is 42.3 Å². The molecule has 5 nitrogen and oxygen atoms in total. The highest BCUT2D eigenvalue weighted by Crippen LogP contribution is 2.16. The largest absolute Gasteiger partial charge is 0.383 e. The predicted molar refractivity (Wildman–Crippen MR) is 79.5 cm³/mol. The molecule has 18 heavy (non-hydrogen) atoms. The Labute approximate surface area is 122 Å². The Hall–Kier alpha value is -0.660. The molecule has 0 bridgehead atoms. The summed E-state index contributed by atoms with van der Waals surface area (Å²) in [6, 6.07) is 0. The molecule has 0 atom stereocenters. The molecule has 0 aliphatic carbocycles. The first-order valence-corrected chi connectivity index (χ1v) is 6.98. The van der Waals surface area contributed by atoms with E-state index in [4.69, 9.17) is 17.0 Å². The van der Waals surface area contributed by atoms with Crippen molar-refractivity contribution in [3.63, 3.8) is 0 Å². The van der Waals surface area contributed by atoms with Crippen LogP contribution in [0.5, 0.6) is 0 Å². The molecular formula is C11H19BrN4OS. The molecule has 7 heteroatoms. The summed E-state index contributed by atoms with van der Waals surface area (Å²) in [6.07, 6.45) is 1.98. The first-order valence-electron chi connectivity index (χ1n) is 5.78. The third kappa shape index (κ3) is 4.55. The normalized spacial score (nSPS) is 10.4. The maximum absolute atomic E-state index is 5.28. The SMILES string of the molecule is CCn1cc(Br)c(CN(C)C(=S)NCCOC)n1. The molecule has 1 heterocycles. The minimum atomic E-state index is 0.641. The Kier molecular flexibility index (Phi) is 6.59. The van der Waals surface area contributed by atoms with Crippen LogP contribution in [0, 0.1) is 0 Å². The van der Waals surface area contributed by atoms with Crippen molar-refractivity contribution in [2.24, 2.45) is 0 Å². The monoisotopic (exact) mass is 334 g/mol. The second-order valence-corrected chi connectivity index (χ2v) is 5.10. The van der Waals surface area contributed by atoms with Crippen LogP contribution in [0.2, 0.25) is 0 Å². The fourth-order valence-corrected chi connectivity index (χ4v) is 2.01. The summed E-state index contributed by atoms with van der Waals surface area (Å²) in [5.41, 5.74) is 0.982. The number of aromatic nitrogens is 2. The third-order valence-electron chi connectivity index (χ3n) is 2.43. The van der Waals surface area contributed by atoms with Gasteiger partial charge in [-0.25, -0.2) is 0 Å². The van der Waals surface area contributed by atoms with Gasteiger partial charge in [-0.3, -0.25) is 4.68 Å². The highest BCUT2D eigenvalue weighted by Gasteiger charge is 2.10. The number of hydrogen-bond donors (Lipinski definition) is 1. The lowest BCUT2D eigenvalue weighted by molar-refractivity contribution is 0.203. The summed E-state index contributed by atoms with van der Waals surface area (Å²) in [5.74, 6) is 0. The number of hydrogen-bond acceptors (Lipinski definition) is 3. The van der Waals surface area contributed by atoms with Crippen LogP contribution in [0.25, 0.3) is 0 Å². The van der Waals surface area contributed by atoms with Gasteiger partial charge in [0.05, 0.1) is 23.3 Å². The van der Waals surface area contributed by atoms with Crippen molar-refractivity contribution in [1.29, 1.82) is 0 Å². The zero-order valence-corrected chi connectivity index (χ0v) is 13.3. The van der Waals surface area contributed by atoms with Crippen LogP contribution in [-0.2, 0) is 17.8 Å². The standard InChI is InChI=1S/C11H19BrN4OS/c1-4-16-7-9(12)10(14-16)8-15(2)11(18)13-5-6-17-3/h7H,4-6,8H2,1-3H3,(H,13,18). The molecule has 0 spiro atoms. The Morgan fingerprint density at radius 1 is 1.67 bits per heavy atom. The minimum absolute atomic E-state index is 0.641. The Bertz CT molecular complexity index is 396. The van der Waals surface area contributed by atoms with E-state index in [2.05, 4.69) is 33.3 Å². The molecule has 0 amide bonds. The average Bonchev–Trinajstić information content (AvgIpc) is 2.70. The van der Waals surface area contributed by atoms with E-state index < -0.39 is 0 Å². The molecule has 0 aromatic carbocycles. The van der Waals surface area contributed by atoms with E-state index in [1.807, 2.05) is 22.8 Å². The number of thiocarbonyl (C=S) groups is 1. The van der Waals surface area contributed by atoms with Crippen LogP contribution in [0.3, 0.4) is 0 Å². The van der Waals surface area contributed by atoms with E-state index in [-0.39, 0.29) is 0 Å². The molecule has 1 aromatic rings. The van der Waals surface area contributed by atoms with Crippen molar-refractivity contribution >= 4 is 33.3 Å². The molecular weight excluding hydrogens is 316 g/mol. The van der Waals surface area contributed by atoms with Gasteiger partial charge in [0.25, 0.3) is 0 Å². The number of methoxy groups -OCH3 is 1. The Balaban J connectivity index is 2.49. The summed E-state index contributed by atoms with van der Waals surface area (Å²) in [5, 5.41) is 8.29. The zero-order chi connectivity index (χ0) is 13.5. The second-order valence-electron chi connectivity index (χ2n) is 3.86. The van der Waals surface area contributed by atoms with Gasteiger partial charge in [-0.1, -0.05) is 0 Å². The van der Waals surface area contributed by atoms with E-state index in [1.165, 1.54) is 0 Å². The minimum Gasteiger partial charge on any atom is -0.383 e. The molecule has 0 unspecified atom stereocenters. The number of ether oxygens (including phenoxy) is 1. The molecule has 1 N–H and O–H groups in total. The number of aryl methyl sites for hydroxylation is 1. The molecule has 0 radical (unpaired) electrons. The fourth-order valence-electron chi connectivity index (χ4n) is 1.40. The third-order valence-corrected chi connectivity index (χ3v) is 3.55. The van der Waals surface area contributed by atoms with Crippen molar-refractivity contribution < 1.29 is 4.74 Å². The lowest BCUT2D eigenvalue weighted by Crippen LogP contribution is -2.38. The van der Waals surface area contributed by atoms with E-state index in [0.29, 0.717) is 24.8 Å². The molecule has 0 saturated heterocycles. The maximum Gasteiger partial charge on any atom is 0.169 e. The van der Waals surface area contributed by atoms with Crippen LogP contribution < -0.4 is 5.32 Å². The number of nitrogens with zero attached hydrogens (tertiary/aromatic N) is 3. The maximum atomic E-state index is 5.28. The lowest BCUT2D eigenvalue weighted by Gasteiger charge is -2.20. The van der Waals surface area contributed by atoms with E-state index in [0.717, 1.165) is 16.7 Å². The summed E-state index contributed by atoms with van der Waals surface area (Å²) in [4.78, 5) is 1.96. The molecule has 1 rings (SSSR count). The number of halogens is 1. The van der Waals surface area contributed by atoms with Gasteiger partial charge in [0.1, 0.15) is 0 Å². The molecule has 0 aliphatic rings. The highest BCUT2D eigenvalue weighted by molar-refractivity contribution is 9.10. The smallest absolute Gasteiger partial charge is 0.169 e. The zero-order valence-electron chi connectivity index (χ0n) is 10.9. The van der Waals surface area contributed by atoms with Crippen molar-refractivity contribution in [3.05, 3.63) is 16.4 Å². The number of rotatable bonds is 6. The van der Waals surface area contributed by atoms with Gasteiger partial charge in [0, 0.05) is 33.4 Å².